The lowest BCUT2D eigenvalue weighted by Gasteiger charge is -2.07. The summed E-state index contributed by atoms with van der Waals surface area (Å²) in [6, 6.07) is 10.4. The first-order valence-electron chi connectivity index (χ1n) is 8.00. The fraction of sp³-hybridized carbons (Fsp3) is 0.0588. The first kappa shape index (κ1) is 18.3. The van der Waals surface area contributed by atoms with Crippen LogP contribution < -0.4 is 15.7 Å². The van der Waals surface area contributed by atoms with Gasteiger partial charge in [0.15, 0.2) is 5.52 Å². The van der Waals surface area contributed by atoms with Crippen LogP contribution >= 0.6 is 11.6 Å². The molecule has 0 aliphatic carbocycles. The second-order valence-corrected chi connectivity index (χ2v) is 8.18. The number of nitrogens with zero attached hydrogens (tertiary/aromatic N) is 2. The fourth-order valence-corrected chi connectivity index (χ4v) is 3.88. The normalized spacial score (nSPS) is 11.9. The molecule has 11 heteroatoms. The molecular formula is C17H12ClN5O4S. The van der Waals surface area contributed by atoms with E-state index in [-0.39, 0.29) is 33.4 Å². The van der Waals surface area contributed by atoms with Gasteiger partial charge in [0.1, 0.15) is 5.52 Å². The topological polar surface area (TPSA) is 138 Å². The number of aromatic amines is 2. The second kappa shape index (κ2) is 6.82. The van der Waals surface area contributed by atoms with Crippen molar-refractivity contribution in [3.63, 3.8) is 0 Å². The fourth-order valence-electron chi connectivity index (χ4n) is 2.74. The number of rotatable bonds is 4. The van der Waals surface area contributed by atoms with Gasteiger partial charge in [0.2, 0.25) is 15.5 Å². The quantitative estimate of drug-likeness (QED) is 0.457. The minimum Gasteiger partial charge on any atom is -0.320 e. The molecule has 0 aliphatic heterocycles. The minimum absolute atomic E-state index is 0.00689. The van der Waals surface area contributed by atoms with Crippen LogP contribution in [0.1, 0.15) is 5.56 Å². The molecule has 2 heterocycles. The summed E-state index contributed by atoms with van der Waals surface area (Å²) in [5.41, 5.74) is -0.263. The Hall–Kier alpha value is -3.08. The van der Waals surface area contributed by atoms with Crippen molar-refractivity contribution in [3.05, 3.63) is 73.6 Å². The molecule has 4 aromatic rings. The Morgan fingerprint density at radius 1 is 1.07 bits per heavy atom. The number of fused-ring (bicyclic) bond motifs is 2. The molecule has 0 saturated heterocycles. The maximum atomic E-state index is 12.5. The molecule has 0 atom stereocenters. The van der Waals surface area contributed by atoms with Gasteiger partial charge in [-0.2, -0.15) is 0 Å². The molecule has 4 rings (SSSR count). The zero-order valence-corrected chi connectivity index (χ0v) is 15.6. The van der Waals surface area contributed by atoms with Gasteiger partial charge in [0.25, 0.3) is 5.56 Å². The Balaban J connectivity index is 1.70. The van der Waals surface area contributed by atoms with Crippen molar-refractivity contribution in [2.75, 3.05) is 0 Å². The summed E-state index contributed by atoms with van der Waals surface area (Å²) in [5.74, 6) is 0. The van der Waals surface area contributed by atoms with Crippen molar-refractivity contribution in [3.8, 4) is 0 Å². The summed E-state index contributed by atoms with van der Waals surface area (Å²) in [6.45, 7) is -0.0343. The summed E-state index contributed by atoms with van der Waals surface area (Å²) in [6.07, 6.45) is 0. The van der Waals surface area contributed by atoms with Crippen molar-refractivity contribution < 1.29 is 8.42 Å². The number of nitrogens with one attached hydrogen (secondary N) is 3. The van der Waals surface area contributed by atoms with Gasteiger partial charge in [0.05, 0.1) is 10.4 Å². The Labute approximate surface area is 162 Å². The van der Waals surface area contributed by atoms with Crippen LogP contribution in [0.4, 0.5) is 0 Å². The lowest BCUT2D eigenvalue weighted by Crippen LogP contribution is -2.23. The van der Waals surface area contributed by atoms with Gasteiger partial charge >= 0.3 is 0 Å². The van der Waals surface area contributed by atoms with Gasteiger partial charge < -0.3 is 4.98 Å². The first-order valence-corrected chi connectivity index (χ1v) is 9.86. The summed E-state index contributed by atoms with van der Waals surface area (Å²) in [7, 11) is -3.75. The average Bonchev–Trinajstić information content (AvgIpc) is 3.13. The van der Waals surface area contributed by atoms with Crippen molar-refractivity contribution in [1.29, 1.82) is 0 Å². The van der Waals surface area contributed by atoms with Gasteiger partial charge in [-0.3, -0.25) is 14.7 Å². The van der Waals surface area contributed by atoms with E-state index >= 15 is 0 Å². The molecule has 142 valence electrons. The Bertz CT molecular complexity index is 1430. The minimum atomic E-state index is -3.75. The molecule has 0 fully saturated rings. The van der Waals surface area contributed by atoms with Gasteiger partial charge in [-0.1, -0.05) is 22.9 Å². The predicted octanol–water partition coefficient (Wildman–Crippen LogP) is 1.29. The molecule has 0 radical (unpaired) electrons. The Morgan fingerprint density at radius 3 is 2.57 bits per heavy atom. The zero-order valence-electron chi connectivity index (χ0n) is 14.1. The van der Waals surface area contributed by atoms with E-state index in [0.29, 0.717) is 10.6 Å². The maximum absolute atomic E-state index is 12.5. The van der Waals surface area contributed by atoms with Gasteiger partial charge in [-0.15, -0.1) is 5.10 Å². The summed E-state index contributed by atoms with van der Waals surface area (Å²) >= 11 is 5.78. The van der Waals surface area contributed by atoms with E-state index in [0.717, 1.165) is 0 Å². The van der Waals surface area contributed by atoms with E-state index in [1.807, 2.05) is 0 Å². The first-order chi connectivity index (χ1) is 13.3. The molecule has 9 nitrogen and oxygen atoms in total. The summed E-state index contributed by atoms with van der Waals surface area (Å²) in [5, 5.41) is 10.2. The highest BCUT2D eigenvalue weighted by atomic mass is 35.5. The van der Waals surface area contributed by atoms with Crippen LogP contribution in [0.25, 0.3) is 21.9 Å². The Kier molecular flexibility index (Phi) is 4.46. The maximum Gasteiger partial charge on any atom is 0.278 e. The SMILES string of the molecule is O=c1[nH]c2cc(CNS(=O)(=O)c3ccc(Cl)cc3)ccc2c(=O)c2[nH]nnc12. The average molecular weight is 418 g/mol. The molecule has 0 bridgehead atoms. The van der Waals surface area contributed by atoms with Gasteiger partial charge in [-0.25, -0.2) is 13.1 Å². The van der Waals surface area contributed by atoms with E-state index in [2.05, 4.69) is 25.1 Å². The number of sulfonamides is 1. The van der Waals surface area contributed by atoms with Crippen LogP contribution in [0.2, 0.25) is 5.02 Å². The van der Waals surface area contributed by atoms with Crippen LogP contribution in [0.3, 0.4) is 0 Å². The van der Waals surface area contributed by atoms with Gasteiger partial charge in [-0.05, 0) is 42.0 Å². The van der Waals surface area contributed by atoms with Crippen molar-refractivity contribution >= 4 is 43.6 Å². The highest BCUT2D eigenvalue weighted by molar-refractivity contribution is 7.89. The smallest absolute Gasteiger partial charge is 0.278 e. The Morgan fingerprint density at radius 2 is 1.82 bits per heavy atom. The monoisotopic (exact) mass is 417 g/mol. The second-order valence-electron chi connectivity index (χ2n) is 5.98. The van der Waals surface area contributed by atoms with Crippen LogP contribution in [0, 0.1) is 0 Å². The van der Waals surface area contributed by atoms with Crippen molar-refractivity contribution in [1.82, 2.24) is 25.1 Å². The van der Waals surface area contributed by atoms with Crippen LogP contribution in [-0.4, -0.2) is 28.8 Å². The molecule has 0 unspecified atom stereocenters. The molecule has 2 aromatic heterocycles. The molecular weight excluding hydrogens is 406 g/mol. The van der Waals surface area contributed by atoms with E-state index in [1.165, 1.54) is 36.4 Å². The third-order valence-corrected chi connectivity index (χ3v) is 5.83. The molecule has 2 aromatic carbocycles. The van der Waals surface area contributed by atoms with Crippen molar-refractivity contribution in [2.45, 2.75) is 11.4 Å². The molecule has 3 N–H and O–H groups in total. The zero-order chi connectivity index (χ0) is 19.9. The standard InChI is InChI=1S/C17H12ClN5O4S/c18-10-2-4-11(5-3-10)28(26,27)19-8-9-1-6-12-13(7-9)20-17(25)15-14(16(12)24)21-23-22-15/h1-7,19H,8H2,(H,20,25)(H,21,22,23). The number of hydrogen-bond acceptors (Lipinski definition) is 6. The molecule has 28 heavy (non-hydrogen) atoms. The largest absolute Gasteiger partial charge is 0.320 e. The lowest BCUT2D eigenvalue weighted by molar-refractivity contribution is 0.581. The van der Waals surface area contributed by atoms with E-state index in [9.17, 15) is 18.0 Å². The molecule has 0 aliphatic rings. The van der Waals surface area contributed by atoms with Crippen LogP contribution in [0.15, 0.2) is 56.9 Å². The number of aromatic nitrogens is 4. The summed E-state index contributed by atoms with van der Waals surface area (Å²) in [4.78, 5) is 27.4. The summed E-state index contributed by atoms with van der Waals surface area (Å²) < 4.78 is 27.2. The third kappa shape index (κ3) is 3.28. The number of hydrogen-bond donors (Lipinski definition) is 3. The van der Waals surface area contributed by atoms with Crippen LogP contribution in [-0.2, 0) is 16.6 Å². The highest BCUT2D eigenvalue weighted by Crippen LogP contribution is 2.15. The van der Waals surface area contributed by atoms with E-state index < -0.39 is 21.0 Å². The predicted molar refractivity (Wildman–Crippen MR) is 104 cm³/mol. The molecule has 0 spiro atoms. The number of halogens is 1. The van der Waals surface area contributed by atoms with E-state index in [4.69, 9.17) is 11.6 Å². The molecule has 0 saturated carbocycles. The number of benzene rings is 2. The lowest BCUT2D eigenvalue weighted by atomic mass is 10.1. The van der Waals surface area contributed by atoms with Crippen LogP contribution in [0.5, 0.6) is 0 Å². The third-order valence-electron chi connectivity index (χ3n) is 4.16. The van der Waals surface area contributed by atoms with Crippen molar-refractivity contribution in [2.24, 2.45) is 0 Å². The molecule has 0 amide bonds. The van der Waals surface area contributed by atoms with E-state index in [1.54, 1.807) is 6.07 Å². The van der Waals surface area contributed by atoms with Gasteiger partial charge in [0, 0.05) is 17.0 Å². The highest BCUT2D eigenvalue weighted by Gasteiger charge is 2.14. The number of H-pyrrole nitrogens is 2.